The number of nitrogens with one attached hydrogen (secondary N) is 4. The van der Waals surface area contributed by atoms with Crippen molar-refractivity contribution in [3.63, 3.8) is 0 Å². The number of carbonyl (C=O) groups is 5. The number of amides is 5. The van der Waals surface area contributed by atoms with Crippen molar-refractivity contribution in [2.45, 2.75) is 76.3 Å². The first-order valence-electron chi connectivity index (χ1n) is 11.1. The van der Waals surface area contributed by atoms with Gasteiger partial charge in [0, 0.05) is 12.6 Å². The van der Waals surface area contributed by atoms with Gasteiger partial charge in [-0.25, -0.2) is 0 Å². The van der Waals surface area contributed by atoms with E-state index in [1.807, 2.05) is 0 Å². The van der Waals surface area contributed by atoms with E-state index in [2.05, 4.69) is 21.3 Å². The van der Waals surface area contributed by atoms with Gasteiger partial charge in [0.1, 0.15) is 24.2 Å². The molecule has 0 aromatic carbocycles. The van der Waals surface area contributed by atoms with Crippen molar-refractivity contribution in [2.75, 3.05) is 19.6 Å². The average molecular weight is 472 g/mol. The van der Waals surface area contributed by atoms with Crippen LogP contribution < -0.4 is 32.7 Å². The first-order valence-corrected chi connectivity index (χ1v) is 11.1. The summed E-state index contributed by atoms with van der Waals surface area (Å²) in [4.78, 5) is 63.0. The maximum Gasteiger partial charge on any atom is 0.246 e. The fraction of sp³-hybridized carbons (Fsp3) is 0.750. The largest absolute Gasteiger partial charge is 0.391 e. The number of hydrogen-bond acceptors (Lipinski definition) is 8. The SMILES string of the molecule is CCNC(=O)C(NC(=O)C(CCN)NC(=O)C(CCN)N1C(=O)C(NC=O)CC1C)C(C)O. The summed E-state index contributed by atoms with van der Waals surface area (Å²) in [7, 11) is 0. The summed E-state index contributed by atoms with van der Waals surface area (Å²) in [5.41, 5.74) is 11.3. The number of aliphatic hydroxyl groups is 1. The van der Waals surface area contributed by atoms with Crippen molar-refractivity contribution >= 4 is 30.0 Å². The molecule has 188 valence electrons. The number of rotatable bonds is 14. The third kappa shape index (κ3) is 7.65. The molecule has 33 heavy (non-hydrogen) atoms. The van der Waals surface area contributed by atoms with Gasteiger partial charge in [0.25, 0.3) is 0 Å². The fourth-order valence-corrected chi connectivity index (χ4v) is 3.84. The first kappa shape index (κ1) is 28.3. The Bertz CT molecular complexity index is 704. The molecule has 0 bridgehead atoms. The van der Waals surface area contributed by atoms with Crippen LogP contribution in [0.5, 0.6) is 0 Å². The number of aliphatic hydroxyl groups excluding tert-OH is 1. The first-order chi connectivity index (χ1) is 15.6. The Kier molecular flexibility index (Phi) is 11.7. The third-order valence-corrected chi connectivity index (χ3v) is 5.45. The van der Waals surface area contributed by atoms with Gasteiger partial charge in [-0.15, -0.1) is 0 Å². The fourth-order valence-electron chi connectivity index (χ4n) is 3.84. The number of nitrogens with two attached hydrogens (primary N) is 2. The highest BCUT2D eigenvalue weighted by Gasteiger charge is 2.43. The van der Waals surface area contributed by atoms with Crippen LogP contribution in [0.1, 0.15) is 40.0 Å². The van der Waals surface area contributed by atoms with Gasteiger partial charge in [-0.1, -0.05) is 0 Å². The molecule has 1 saturated heterocycles. The minimum absolute atomic E-state index is 0.0603. The van der Waals surface area contributed by atoms with E-state index in [0.717, 1.165) is 0 Å². The normalized spacial score (nSPS) is 21.5. The second-order valence-electron chi connectivity index (χ2n) is 8.02. The number of nitrogens with zero attached hydrogens (tertiary/aromatic N) is 1. The van der Waals surface area contributed by atoms with Gasteiger partial charge < -0.3 is 42.7 Å². The lowest BCUT2D eigenvalue weighted by atomic mass is 10.1. The van der Waals surface area contributed by atoms with E-state index < -0.39 is 53.9 Å². The molecule has 1 rings (SSSR count). The van der Waals surface area contributed by atoms with E-state index in [0.29, 0.717) is 19.4 Å². The van der Waals surface area contributed by atoms with Crippen LogP contribution in [-0.2, 0) is 24.0 Å². The smallest absolute Gasteiger partial charge is 0.246 e. The number of likely N-dealkylation sites (N-methyl/N-ethyl adjacent to an activating group) is 1. The molecule has 6 atom stereocenters. The van der Waals surface area contributed by atoms with Crippen LogP contribution in [0.2, 0.25) is 0 Å². The topological polar surface area (TPSA) is 209 Å². The molecule has 1 fully saturated rings. The van der Waals surface area contributed by atoms with Crippen molar-refractivity contribution in [2.24, 2.45) is 11.5 Å². The summed E-state index contributed by atoms with van der Waals surface area (Å²) >= 11 is 0. The highest BCUT2D eigenvalue weighted by Crippen LogP contribution is 2.23. The predicted molar refractivity (Wildman–Crippen MR) is 119 cm³/mol. The summed E-state index contributed by atoms with van der Waals surface area (Å²) in [6.07, 6.45) is -0.201. The molecule has 0 radical (unpaired) electrons. The van der Waals surface area contributed by atoms with Crippen molar-refractivity contribution in [3.8, 4) is 0 Å². The Balaban J connectivity index is 3.02. The molecule has 0 aromatic rings. The minimum atomic E-state index is -1.22. The molecule has 1 heterocycles. The monoisotopic (exact) mass is 471 g/mol. The Morgan fingerprint density at radius 3 is 2.30 bits per heavy atom. The van der Waals surface area contributed by atoms with Crippen molar-refractivity contribution < 1.29 is 29.1 Å². The van der Waals surface area contributed by atoms with Gasteiger partial charge in [0.15, 0.2) is 0 Å². The zero-order chi connectivity index (χ0) is 25.1. The summed E-state index contributed by atoms with van der Waals surface area (Å²) in [6.45, 7) is 5.29. The van der Waals surface area contributed by atoms with E-state index in [9.17, 15) is 29.1 Å². The highest BCUT2D eigenvalue weighted by molar-refractivity contribution is 5.95. The van der Waals surface area contributed by atoms with Crippen LogP contribution >= 0.6 is 0 Å². The molecule has 0 spiro atoms. The lowest BCUT2D eigenvalue weighted by Gasteiger charge is -2.32. The van der Waals surface area contributed by atoms with Gasteiger partial charge in [0.05, 0.1) is 6.10 Å². The molecule has 1 aliphatic heterocycles. The van der Waals surface area contributed by atoms with E-state index >= 15 is 0 Å². The number of likely N-dealkylation sites (tertiary alicyclic amines) is 1. The zero-order valence-corrected chi connectivity index (χ0v) is 19.4. The van der Waals surface area contributed by atoms with Crippen LogP contribution in [0.25, 0.3) is 0 Å². The molecule has 13 heteroatoms. The Labute approximate surface area is 193 Å². The zero-order valence-electron chi connectivity index (χ0n) is 19.4. The van der Waals surface area contributed by atoms with E-state index in [1.54, 1.807) is 13.8 Å². The molecule has 6 unspecified atom stereocenters. The quantitative estimate of drug-likeness (QED) is 0.125. The summed E-state index contributed by atoms with van der Waals surface area (Å²) in [5, 5.41) is 19.9. The molecule has 5 amide bonds. The number of hydrogen-bond donors (Lipinski definition) is 7. The molecule has 0 saturated carbocycles. The Morgan fingerprint density at radius 1 is 1.15 bits per heavy atom. The van der Waals surface area contributed by atoms with Gasteiger partial charge in [-0.3, -0.25) is 24.0 Å². The maximum absolute atomic E-state index is 13.1. The van der Waals surface area contributed by atoms with Crippen molar-refractivity contribution in [1.82, 2.24) is 26.2 Å². The molecule has 0 aliphatic carbocycles. The van der Waals surface area contributed by atoms with E-state index in [1.165, 1.54) is 11.8 Å². The van der Waals surface area contributed by atoms with Crippen molar-refractivity contribution in [3.05, 3.63) is 0 Å². The standard InChI is InChI=1S/C20H37N7O6/c1-4-23-19(32)16(12(3)29)26-17(30)13(5-7-21)25-18(31)15(6-8-22)27-11(2)9-14(20(27)33)24-10-28/h10-16,29H,4-9,21-22H2,1-3H3,(H,23,32)(H,24,28)(H,25,31)(H,26,30). The van der Waals surface area contributed by atoms with Gasteiger partial charge in [-0.2, -0.15) is 0 Å². The van der Waals surface area contributed by atoms with Crippen LogP contribution in [0.4, 0.5) is 0 Å². The lowest BCUT2D eigenvalue weighted by molar-refractivity contribution is -0.141. The van der Waals surface area contributed by atoms with Crippen LogP contribution in [-0.4, -0.2) is 96.0 Å². The predicted octanol–water partition coefficient (Wildman–Crippen LogP) is -3.73. The van der Waals surface area contributed by atoms with Crippen molar-refractivity contribution in [1.29, 1.82) is 0 Å². The molecule has 1 aliphatic rings. The molecule has 9 N–H and O–H groups in total. The molecular formula is C20H37N7O6. The van der Waals surface area contributed by atoms with Gasteiger partial charge in [-0.05, 0) is 53.1 Å². The minimum Gasteiger partial charge on any atom is -0.391 e. The third-order valence-electron chi connectivity index (χ3n) is 5.45. The van der Waals surface area contributed by atoms with Crippen LogP contribution in [0.3, 0.4) is 0 Å². The molecular weight excluding hydrogens is 434 g/mol. The lowest BCUT2D eigenvalue weighted by Crippen LogP contribution is -2.60. The van der Waals surface area contributed by atoms with Gasteiger partial charge in [0.2, 0.25) is 30.0 Å². The second-order valence-corrected chi connectivity index (χ2v) is 8.02. The Hall–Kier alpha value is -2.77. The maximum atomic E-state index is 13.1. The van der Waals surface area contributed by atoms with Crippen LogP contribution in [0, 0.1) is 0 Å². The number of carbonyl (C=O) groups excluding carboxylic acids is 5. The highest BCUT2D eigenvalue weighted by atomic mass is 16.3. The summed E-state index contributed by atoms with van der Waals surface area (Å²) in [6, 6.07) is -4.35. The summed E-state index contributed by atoms with van der Waals surface area (Å²) < 4.78 is 0. The second kappa shape index (κ2) is 13.7. The van der Waals surface area contributed by atoms with Gasteiger partial charge >= 0.3 is 0 Å². The van der Waals surface area contributed by atoms with E-state index in [4.69, 9.17) is 11.5 Å². The Morgan fingerprint density at radius 2 is 1.79 bits per heavy atom. The average Bonchev–Trinajstić information content (AvgIpc) is 3.02. The summed E-state index contributed by atoms with van der Waals surface area (Å²) in [5.74, 6) is -2.27. The van der Waals surface area contributed by atoms with E-state index in [-0.39, 0.29) is 32.0 Å². The molecule has 0 aromatic heterocycles. The molecule has 13 nitrogen and oxygen atoms in total. The van der Waals surface area contributed by atoms with Crippen LogP contribution in [0.15, 0.2) is 0 Å².